The lowest BCUT2D eigenvalue weighted by Crippen LogP contribution is -2.31. The van der Waals surface area contributed by atoms with Crippen molar-refractivity contribution in [1.82, 2.24) is 4.72 Å². The van der Waals surface area contributed by atoms with E-state index >= 15 is 0 Å². The van der Waals surface area contributed by atoms with Crippen LogP contribution >= 0.6 is 11.3 Å². The lowest BCUT2D eigenvalue weighted by atomic mass is 10.1. The highest BCUT2D eigenvalue weighted by atomic mass is 32.2. The molecule has 20 heavy (non-hydrogen) atoms. The van der Waals surface area contributed by atoms with Gasteiger partial charge in [0.1, 0.15) is 0 Å². The molecular weight excluding hydrogens is 294 g/mol. The van der Waals surface area contributed by atoms with Crippen molar-refractivity contribution in [3.63, 3.8) is 0 Å². The van der Waals surface area contributed by atoms with Gasteiger partial charge in [0, 0.05) is 9.75 Å². The Kier molecular flexibility index (Phi) is 4.59. The molecule has 4 nitrogen and oxygen atoms in total. The van der Waals surface area contributed by atoms with Crippen LogP contribution in [0.15, 0.2) is 41.3 Å². The fourth-order valence-electron chi connectivity index (χ4n) is 2.02. The normalized spacial score (nSPS) is 13.3. The van der Waals surface area contributed by atoms with Crippen molar-refractivity contribution in [2.75, 3.05) is 6.61 Å². The molecule has 1 unspecified atom stereocenters. The Morgan fingerprint density at radius 2 is 1.90 bits per heavy atom. The molecule has 6 heteroatoms. The van der Waals surface area contributed by atoms with Crippen LogP contribution in [0, 0.1) is 13.8 Å². The molecule has 1 aromatic carbocycles. The number of sulfonamides is 1. The first-order chi connectivity index (χ1) is 9.44. The molecule has 2 rings (SSSR count). The van der Waals surface area contributed by atoms with E-state index in [1.807, 2.05) is 25.1 Å². The molecule has 1 heterocycles. The van der Waals surface area contributed by atoms with E-state index in [1.165, 1.54) is 11.3 Å². The van der Waals surface area contributed by atoms with E-state index in [4.69, 9.17) is 0 Å². The van der Waals surface area contributed by atoms with Crippen molar-refractivity contribution in [2.45, 2.75) is 24.8 Å². The van der Waals surface area contributed by atoms with Gasteiger partial charge in [-0.15, -0.1) is 11.3 Å². The van der Waals surface area contributed by atoms with Gasteiger partial charge in [-0.1, -0.05) is 30.3 Å². The lowest BCUT2D eigenvalue weighted by Gasteiger charge is -2.16. The van der Waals surface area contributed by atoms with Crippen LogP contribution in [0.5, 0.6) is 0 Å². The minimum absolute atomic E-state index is 0.286. The molecule has 2 aromatic rings. The minimum atomic E-state index is -3.63. The maximum Gasteiger partial charge on any atom is 0.242 e. The van der Waals surface area contributed by atoms with Crippen molar-refractivity contribution in [3.05, 3.63) is 51.7 Å². The number of hydrogen-bond donors (Lipinski definition) is 2. The maximum atomic E-state index is 12.4. The van der Waals surface area contributed by atoms with Gasteiger partial charge in [0.15, 0.2) is 0 Å². The average molecular weight is 311 g/mol. The van der Waals surface area contributed by atoms with Gasteiger partial charge < -0.3 is 5.11 Å². The Morgan fingerprint density at radius 1 is 1.25 bits per heavy atom. The fraction of sp³-hybridized carbons (Fsp3) is 0.286. The van der Waals surface area contributed by atoms with Crippen molar-refractivity contribution < 1.29 is 13.5 Å². The van der Waals surface area contributed by atoms with E-state index in [0.717, 1.165) is 15.3 Å². The van der Waals surface area contributed by atoms with Gasteiger partial charge in [0.2, 0.25) is 10.0 Å². The first-order valence-electron chi connectivity index (χ1n) is 6.19. The van der Waals surface area contributed by atoms with E-state index in [1.54, 1.807) is 25.1 Å². The molecule has 0 saturated heterocycles. The summed E-state index contributed by atoms with van der Waals surface area (Å²) in [5, 5.41) is 9.44. The van der Waals surface area contributed by atoms with E-state index in [9.17, 15) is 13.5 Å². The molecule has 1 atom stereocenters. The number of nitrogens with one attached hydrogen (secondary N) is 1. The molecule has 108 valence electrons. The highest BCUT2D eigenvalue weighted by molar-refractivity contribution is 7.89. The van der Waals surface area contributed by atoms with Gasteiger partial charge in [-0.05, 0) is 25.5 Å². The van der Waals surface area contributed by atoms with Crippen molar-refractivity contribution in [1.29, 1.82) is 0 Å². The molecule has 0 aliphatic carbocycles. The molecule has 0 aliphatic rings. The average Bonchev–Trinajstić information content (AvgIpc) is 2.77. The summed E-state index contributed by atoms with van der Waals surface area (Å²) in [6.07, 6.45) is 0. The van der Waals surface area contributed by atoms with Crippen LogP contribution in [0.4, 0.5) is 0 Å². The van der Waals surface area contributed by atoms with Gasteiger partial charge in [-0.25, -0.2) is 13.1 Å². The molecule has 1 aromatic heterocycles. The number of aliphatic hydroxyl groups is 1. The highest BCUT2D eigenvalue weighted by Gasteiger charge is 2.23. The third-order valence-electron chi connectivity index (χ3n) is 2.97. The standard InChI is InChI=1S/C14H17NO3S2/c1-10-8-14(11(2)19-10)20(17,18)15-13(9-16)12-6-4-3-5-7-12/h3-8,13,15-16H,9H2,1-2H3. The Morgan fingerprint density at radius 3 is 2.40 bits per heavy atom. The van der Waals surface area contributed by atoms with Gasteiger partial charge in [0.25, 0.3) is 0 Å². The Labute approximate surface area is 123 Å². The molecule has 0 amide bonds. The molecule has 0 aliphatic heterocycles. The third-order valence-corrected chi connectivity index (χ3v) is 5.66. The van der Waals surface area contributed by atoms with Gasteiger partial charge >= 0.3 is 0 Å². The monoisotopic (exact) mass is 311 g/mol. The summed E-state index contributed by atoms with van der Waals surface area (Å²) in [5.41, 5.74) is 0.739. The number of aryl methyl sites for hydroxylation is 2. The van der Waals surface area contributed by atoms with Crippen LogP contribution in [0.3, 0.4) is 0 Å². The highest BCUT2D eigenvalue weighted by Crippen LogP contribution is 2.26. The van der Waals surface area contributed by atoms with Crippen molar-refractivity contribution in [3.8, 4) is 0 Å². The topological polar surface area (TPSA) is 66.4 Å². The predicted molar refractivity (Wildman–Crippen MR) is 80.4 cm³/mol. The summed E-state index contributed by atoms with van der Waals surface area (Å²) in [5.74, 6) is 0. The summed E-state index contributed by atoms with van der Waals surface area (Å²) in [6.45, 7) is 3.37. The van der Waals surface area contributed by atoms with Gasteiger partial charge in [-0.3, -0.25) is 0 Å². The van der Waals surface area contributed by atoms with Crippen LogP contribution < -0.4 is 4.72 Å². The summed E-state index contributed by atoms with van der Waals surface area (Å²) in [7, 11) is -3.63. The maximum absolute atomic E-state index is 12.4. The number of hydrogen-bond acceptors (Lipinski definition) is 4. The molecule has 0 bridgehead atoms. The molecular formula is C14H17NO3S2. The lowest BCUT2D eigenvalue weighted by molar-refractivity contribution is 0.259. The largest absolute Gasteiger partial charge is 0.394 e. The predicted octanol–water partition coefficient (Wildman–Crippen LogP) is 2.38. The smallest absolute Gasteiger partial charge is 0.242 e. The summed E-state index contributed by atoms with van der Waals surface area (Å²) < 4.78 is 27.3. The van der Waals surface area contributed by atoms with Gasteiger partial charge in [0.05, 0.1) is 17.5 Å². The van der Waals surface area contributed by atoms with Crippen LogP contribution in [0.1, 0.15) is 21.4 Å². The Hall–Kier alpha value is -1.21. The first-order valence-corrected chi connectivity index (χ1v) is 8.49. The van der Waals surface area contributed by atoms with E-state index in [2.05, 4.69) is 4.72 Å². The van der Waals surface area contributed by atoms with Crippen LogP contribution in [-0.4, -0.2) is 20.1 Å². The molecule has 0 radical (unpaired) electrons. The Balaban J connectivity index is 2.29. The van der Waals surface area contributed by atoms with Crippen LogP contribution in [-0.2, 0) is 10.0 Å². The van der Waals surface area contributed by atoms with Crippen LogP contribution in [0.2, 0.25) is 0 Å². The zero-order valence-corrected chi connectivity index (χ0v) is 13.0. The van der Waals surface area contributed by atoms with E-state index in [0.29, 0.717) is 0 Å². The van der Waals surface area contributed by atoms with Crippen molar-refractivity contribution in [2.24, 2.45) is 0 Å². The number of benzene rings is 1. The van der Waals surface area contributed by atoms with E-state index < -0.39 is 16.1 Å². The fourth-order valence-corrected chi connectivity index (χ4v) is 4.79. The zero-order valence-electron chi connectivity index (χ0n) is 11.3. The third kappa shape index (κ3) is 3.27. The minimum Gasteiger partial charge on any atom is -0.394 e. The van der Waals surface area contributed by atoms with E-state index in [-0.39, 0.29) is 11.5 Å². The first kappa shape index (κ1) is 15.2. The molecule has 0 fully saturated rings. The number of rotatable bonds is 5. The SMILES string of the molecule is Cc1cc(S(=O)(=O)NC(CO)c2ccccc2)c(C)s1. The van der Waals surface area contributed by atoms with Crippen LogP contribution in [0.25, 0.3) is 0 Å². The van der Waals surface area contributed by atoms with Crippen molar-refractivity contribution >= 4 is 21.4 Å². The quantitative estimate of drug-likeness (QED) is 0.891. The molecule has 2 N–H and O–H groups in total. The number of thiophene rings is 1. The summed E-state index contributed by atoms with van der Waals surface area (Å²) in [6, 6.07) is 10.1. The second kappa shape index (κ2) is 6.05. The molecule has 0 saturated carbocycles. The number of aliphatic hydroxyl groups excluding tert-OH is 1. The molecule has 0 spiro atoms. The second-order valence-corrected chi connectivity index (χ2v) is 7.69. The Bertz CT molecular complexity index is 678. The van der Waals surface area contributed by atoms with Gasteiger partial charge in [-0.2, -0.15) is 0 Å². The zero-order chi connectivity index (χ0) is 14.8. The summed E-state index contributed by atoms with van der Waals surface area (Å²) >= 11 is 1.44. The summed E-state index contributed by atoms with van der Waals surface area (Å²) in [4.78, 5) is 1.98. The second-order valence-electron chi connectivity index (χ2n) is 4.54.